The van der Waals surface area contributed by atoms with Gasteiger partial charge in [0.05, 0.1) is 25.4 Å². The summed E-state index contributed by atoms with van der Waals surface area (Å²) in [6, 6.07) is 11.5. The zero-order valence-electron chi connectivity index (χ0n) is 17.7. The minimum Gasteiger partial charge on any atom is -0.493 e. The van der Waals surface area contributed by atoms with Crippen LogP contribution in [-0.4, -0.2) is 29.2 Å². The third-order valence-electron chi connectivity index (χ3n) is 5.01. The standard InChI is InChI=1S/C24H23N3O3/c1-14-6-7-18(26-13-14)24-23(10-15(2)16(3)27-24)30-20-8-9-25-19-12-22(29-5)21(28-4)11-17(19)20/h6-13H,1-5H3. The summed E-state index contributed by atoms with van der Waals surface area (Å²) in [5.74, 6) is 2.52. The summed E-state index contributed by atoms with van der Waals surface area (Å²) in [7, 11) is 3.21. The van der Waals surface area contributed by atoms with Crippen molar-refractivity contribution in [3.8, 4) is 34.4 Å². The maximum absolute atomic E-state index is 6.38. The molecule has 3 heterocycles. The van der Waals surface area contributed by atoms with Gasteiger partial charge in [-0.15, -0.1) is 0 Å². The van der Waals surface area contributed by atoms with Gasteiger partial charge in [-0.05, 0) is 56.2 Å². The van der Waals surface area contributed by atoms with Crippen molar-refractivity contribution in [1.82, 2.24) is 15.0 Å². The highest BCUT2D eigenvalue weighted by Gasteiger charge is 2.16. The summed E-state index contributed by atoms with van der Waals surface area (Å²) < 4.78 is 17.2. The van der Waals surface area contributed by atoms with Crippen molar-refractivity contribution in [2.75, 3.05) is 14.2 Å². The lowest BCUT2D eigenvalue weighted by Gasteiger charge is -2.15. The van der Waals surface area contributed by atoms with Crippen LogP contribution >= 0.6 is 0 Å². The van der Waals surface area contributed by atoms with Crippen molar-refractivity contribution in [2.45, 2.75) is 20.8 Å². The molecular weight excluding hydrogens is 378 g/mol. The van der Waals surface area contributed by atoms with Crippen LogP contribution in [0.4, 0.5) is 0 Å². The lowest BCUT2D eigenvalue weighted by Crippen LogP contribution is -1.98. The third kappa shape index (κ3) is 3.64. The number of hydrogen-bond donors (Lipinski definition) is 0. The average Bonchev–Trinajstić information content (AvgIpc) is 2.76. The summed E-state index contributed by atoms with van der Waals surface area (Å²) in [6.45, 7) is 6.00. The normalized spacial score (nSPS) is 10.8. The molecule has 152 valence electrons. The van der Waals surface area contributed by atoms with Gasteiger partial charge in [0.1, 0.15) is 11.4 Å². The quantitative estimate of drug-likeness (QED) is 0.444. The molecule has 0 radical (unpaired) electrons. The van der Waals surface area contributed by atoms with E-state index in [9.17, 15) is 0 Å². The summed E-state index contributed by atoms with van der Waals surface area (Å²) in [4.78, 5) is 13.8. The number of rotatable bonds is 5. The first-order valence-corrected chi connectivity index (χ1v) is 9.60. The molecule has 0 atom stereocenters. The van der Waals surface area contributed by atoms with Gasteiger partial charge in [0.15, 0.2) is 17.2 Å². The number of aryl methyl sites for hydroxylation is 3. The predicted octanol–water partition coefficient (Wildman–Crippen LogP) is 5.43. The van der Waals surface area contributed by atoms with E-state index in [-0.39, 0.29) is 0 Å². The van der Waals surface area contributed by atoms with Gasteiger partial charge in [-0.1, -0.05) is 6.07 Å². The van der Waals surface area contributed by atoms with E-state index in [0.717, 1.165) is 33.4 Å². The summed E-state index contributed by atoms with van der Waals surface area (Å²) >= 11 is 0. The van der Waals surface area contributed by atoms with E-state index in [1.54, 1.807) is 20.4 Å². The molecule has 0 fully saturated rings. The van der Waals surface area contributed by atoms with Gasteiger partial charge in [-0.25, -0.2) is 4.98 Å². The molecule has 0 aliphatic carbocycles. The SMILES string of the molecule is COc1cc2nccc(Oc3cc(C)c(C)nc3-c3ccc(C)cn3)c2cc1OC. The van der Waals surface area contributed by atoms with Crippen LogP contribution in [0.5, 0.6) is 23.0 Å². The van der Waals surface area contributed by atoms with Gasteiger partial charge < -0.3 is 14.2 Å². The van der Waals surface area contributed by atoms with Crippen LogP contribution in [0, 0.1) is 20.8 Å². The number of pyridine rings is 3. The summed E-state index contributed by atoms with van der Waals surface area (Å²) in [6.07, 6.45) is 3.54. The van der Waals surface area contributed by atoms with Crippen LogP contribution in [0.2, 0.25) is 0 Å². The molecule has 0 bridgehead atoms. The Morgan fingerprint density at radius 3 is 2.23 bits per heavy atom. The Balaban J connectivity index is 1.86. The molecule has 0 amide bonds. The predicted molar refractivity (Wildman–Crippen MR) is 117 cm³/mol. The Labute approximate surface area is 175 Å². The summed E-state index contributed by atoms with van der Waals surface area (Å²) in [5, 5.41) is 0.816. The maximum atomic E-state index is 6.38. The smallest absolute Gasteiger partial charge is 0.162 e. The molecular formula is C24H23N3O3. The van der Waals surface area contributed by atoms with Crippen LogP contribution in [0.1, 0.15) is 16.8 Å². The fourth-order valence-electron chi connectivity index (χ4n) is 3.20. The molecule has 0 unspecified atom stereocenters. The van der Waals surface area contributed by atoms with Crippen LogP contribution in [0.3, 0.4) is 0 Å². The second-order valence-electron chi connectivity index (χ2n) is 7.09. The largest absolute Gasteiger partial charge is 0.493 e. The third-order valence-corrected chi connectivity index (χ3v) is 5.01. The Kier molecular flexibility index (Phi) is 5.23. The first-order valence-electron chi connectivity index (χ1n) is 9.60. The fourth-order valence-corrected chi connectivity index (χ4v) is 3.20. The van der Waals surface area contributed by atoms with Crippen molar-refractivity contribution in [1.29, 1.82) is 0 Å². The molecule has 6 nitrogen and oxygen atoms in total. The maximum Gasteiger partial charge on any atom is 0.162 e. The van der Waals surface area contributed by atoms with E-state index in [2.05, 4.69) is 9.97 Å². The molecule has 4 rings (SSSR count). The van der Waals surface area contributed by atoms with E-state index >= 15 is 0 Å². The van der Waals surface area contributed by atoms with E-state index in [1.807, 2.05) is 63.4 Å². The Morgan fingerprint density at radius 2 is 1.53 bits per heavy atom. The number of methoxy groups -OCH3 is 2. The monoisotopic (exact) mass is 401 g/mol. The van der Waals surface area contributed by atoms with Crippen molar-refractivity contribution in [2.24, 2.45) is 0 Å². The van der Waals surface area contributed by atoms with Gasteiger partial charge >= 0.3 is 0 Å². The van der Waals surface area contributed by atoms with E-state index in [4.69, 9.17) is 19.2 Å². The van der Waals surface area contributed by atoms with Crippen molar-refractivity contribution in [3.63, 3.8) is 0 Å². The molecule has 4 aromatic rings. The lowest BCUT2D eigenvalue weighted by atomic mass is 10.1. The Bertz CT molecular complexity index is 1220. The van der Waals surface area contributed by atoms with Crippen LogP contribution in [-0.2, 0) is 0 Å². The second-order valence-corrected chi connectivity index (χ2v) is 7.09. The van der Waals surface area contributed by atoms with Crippen LogP contribution in [0.25, 0.3) is 22.3 Å². The molecule has 0 spiro atoms. The summed E-state index contributed by atoms with van der Waals surface area (Å²) in [5.41, 5.74) is 5.27. The highest BCUT2D eigenvalue weighted by atomic mass is 16.5. The average molecular weight is 401 g/mol. The van der Waals surface area contributed by atoms with Gasteiger partial charge in [0.25, 0.3) is 0 Å². The molecule has 0 aliphatic heterocycles. The van der Waals surface area contributed by atoms with Crippen LogP contribution in [0.15, 0.2) is 48.8 Å². The van der Waals surface area contributed by atoms with Gasteiger partial charge in [0, 0.05) is 29.5 Å². The lowest BCUT2D eigenvalue weighted by molar-refractivity contribution is 0.355. The Hall–Kier alpha value is -3.67. The van der Waals surface area contributed by atoms with Crippen molar-refractivity contribution in [3.05, 3.63) is 65.6 Å². The molecule has 0 saturated heterocycles. The van der Waals surface area contributed by atoms with Crippen LogP contribution < -0.4 is 14.2 Å². The number of nitrogens with zero attached hydrogens (tertiary/aromatic N) is 3. The molecule has 1 aromatic carbocycles. The Morgan fingerprint density at radius 1 is 0.767 bits per heavy atom. The van der Waals surface area contributed by atoms with E-state index < -0.39 is 0 Å². The fraction of sp³-hybridized carbons (Fsp3) is 0.208. The zero-order valence-corrected chi connectivity index (χ0v) is 17.7. The topological polar surface area (TPSA) is 66.4 Å². The minimum atomic E-state index is 0.612. The highest BCUT2D eigenvalue weighted by molar-refractivity contribution is 5.88. The molecule has 0 N–H and O–H groups in total. The first kappa shape index (κ1) is 19.6. The number of hydrogen-bond acceptors (Lipinski definition) is 6. The van der Waals surface area contributed by atoms with Gasteiger partial charge in [0.2, 0.25) is 0 Å². The number of benzene rings is 1. The molecule has 30 heavy (non-hydrogen) atoms. The zero-order chi connectivity index (χ0) is 21.3. The van der Waals surface area contributed by atoms with Crippen molar-refractivity contribution < 1.29 is 14.2 Å². The molecule has 6 heteroatoms. The second kappa shape index (κ2) is 7.99. The number of ether oxygens (including phenoxy) is 3. The first-order chi connectivity index (χ1) is 14.5. The highest BCUT2D eigenvalue weighted by Crippen LogP contribution is 2.39. The number of aromatic nitrogens is 3. The van der Waals surface area contributed by atoms with E-state index in [1.165, 1.54) is 0 Å². The molecule has 0 saturated carbocycles. The minimum absolute atomic E-state index is 0.612. The number of fused-ring (bicyclic) bond motifs is 1. The van der Waals surface area contributed by atoms with Gasteiger partial charge in [-0.3, -0.25) is 9.97 Å². The van der Waals surface area contributed by atoms with E-state index in [0.29, 0.717) is 28.7 Å². The molecule has 0 aliphatic rings. The van der Waals surface area contributed by atoms with Gasteiger partial charge in [-0.2, -0.15) is 0 Å². The van der Waals surface area contributed by atoms with Crippen molar-refractivity contribution >= 4 is 10.9 Å². The molecule has 3 aromatic heterocycles.